The van der Waals surface area contributed by atoms with Crippen LogP contribution >= 0.6 is 0 Å². The fraction of sp³-hybridized carbons (Fsp3) is 0.188. The number of nitrogens with one attached hydrogen (secondary N) is 1. The second-order valence-corrected chi connectivity index (χ2v) is 7.65. The number of aryl methyl sites for hydroxylation is 2. The molecule has 3 aromatic heterocycles. The van der Waals surface area contributed by atoms with E-state index < -0.39 is 16.7 Å². The Kier molecular flexibility index (Phi) is 2.39. The molecule has 4 aromatic rings. The molecule has 0 aliphatic heterocycles. The molecule has 3 heterocycles. The zero-order chi connectivity index (χ0) is 19.6. The molecule has 24 heavy (non-hydrogen) atoms. The fourth-order valence-electron chi connectivity index (χ4n) is 2.79. The maximum absolute atomic E-state index is 11.8. The minimum Gasteiger partial charge on any atom is -0.353 e. The Labute approximate surface area is 142 Å². The SMILES string of the molecule is [2H]C([2H])([2H])c1nnn(C)c1-c1cnc2c(c1)[nH]c1cc(S(C)(=O)=O)ccc12. The molecule has 122 valence electrons. The van der Waals surface area contributed by atoms with Crippen molar-refractivity contribution in [1.29, 1.82) is 0 Å². The summed E-state index contributed by atoms with van der Waals surface area (Å²) in [5.41, 5.74) is 2.78. The first-order valence-corrected chi connectivity index (χ1v) is 8.97. The summed E-state index contributed by atoms with van der Waals surface area (Å²) in [5, 5.41) is 8.37. The highest BCUT2D eigenvalue weighted by molar-refractivity contribution is 7.90. The quantitative estimate of drug-likeness (QED) is 0.602. The molecule has 8 heteroatoms. The average molecular weight is 344 g/mol. The molecule has 0 aliphatic carbocycles. The standard InChI is InChI=1S/C16H15N5O2S/c1-9-16(21(2)20-19-9)10-6-14-15(17-8-10)12-5-4-11(24(3,22)23)7-13(12)18-14/h4-8,18H,1-3H3/i1D3. The monoisotopic (exact) mass is 344 g/mol. The Balaban J connectivity index is 1.94. The molecule has 0 fully saturated rings. The van der Waals surface area contributed by atoms with E-state index in [-0.39, 0.29) is 10.6 Å². The maximum Gasteiger partial charge on any atom is 0.175 e. The molecule has 0 saturated carbocycles. The van der Waals surface area contributed by atoms with Crippen molar-refractivity contribution in [3.8, 4) is 11.3 Å². The molecule has 0 radical (unpaired) electrons. The van der Waals surface area contributed by atoms with Gasteiger partial charge in [-0.3, -0.25) is 4.98 Å². The summed E-state index contributed by atoms with van der Waals surface area (Å²) in [4.78, 5) is 7.81. The van der Waals surface area contributed by atoms with Gasteiger partial charge in [-0.1, -0.05) is 5.21 Å². The van der Waals surface area contributed by atoms with Crippen LogP contribution in [0.5, 0.6) is 0 Å². The lowest BCUT2D eigenvalue weighted by atomic mass is 10.1. The Morgan fingerprint density at radius 1 is 1.25 bits per heavy atom. The van der Waals surface area contributed by atoms with Crippen molar-refractivity contribution in [3.05, 3.63) is 36.2 Å². The van der Waals surface area contributed by atoms with E-state index in [1.807, 2.05) is 0 Å². The summed E-state index contributed by atoms with van der Waals surface area (Å²) in [7, 11) is -1.71. The normalized spacial score (nSPS) is 14.7. The summed E-state index contributed by atoms with van der Waals surface area (Å²) >= 11 is 0. The third-order valence-electron chi connectivity index (χ3n) is 3.93. The molecular weight excluding hydrogens is 326 g/mol. The molecule has 4 rings (SSSR count). The summed E-state index contributed by atoms with van der Waals surface area (Å²) in [6, 6.07) is 6.57. The largest absolute Gasteiger partial charge is 0.353 e. The topological polar surface area (TPSA) is 93.5 Å². The number of hydrogen-bond donors (Lipinski definition) is 1. The minimum atomic E-state index is -3.33. The maximum atomic E-state index is 11.8. The van der Waals surface area contributed by atoms with Crippen LogP contribution in [0.1, 0.15) is 9.81 Å². The lowest BCUT2D eigenvalue weighted by Gasteiger charge is -2.02. The van der Waals surface area contributed by atoms with Gasteiger partial charge in [-0.05, 0) is 31.1 Å². The van der Waals surface area contributed by atoms with Crippen molar-refractivity contribution in [2.24, 2.45) is 7.05 Å². The smallest absolute Gasteiger partial charge is 0.175 e. The molecule has 0 saturated heterocycles. The van der Waals surface area contributed by atoms with E-state index in [0.29, 0.717) is 27.8 Å². The van der Waals surface area contributed by atoms with Gasteiger partial charge in [0.2, 0.25) is 0 Å². The molecule has 0 spiro atoms. The van der Waals surface area contributed by atoms with Crippen LogP contribution in [0.4, 0.5) is 0 Å². The van der Waals surface area contributed by atoms with Crippen LogP contribution in [-0.2, 0) is 16.9 Å². The number of benzene rings is 1. The van der Waals surface area contributed by atoms with Gasteiger partial charge in [-0.2, -0.15) is 0 Å². The summed E-state index contributed by atoms with van der Waals surface area (Å²) in [5.74, 6) is 0. The molecule has 0 atom stereocenters. The number of sulfone groups is 1. The van der Waals surface area contributed by atoms with Gasteiger partial charge in [0.25, 0.3) is 0 Å². The van der Waals surface area contributed by atoms with Crippen molar-refractivity contribution in [3.63, 3.8) is 0 Å². The van der Waals surface area contributed by atoms with Gasteiger partial charge in [0.05, 0.1) is 27.3 Å². The van der Waals surface area contributed by atoms with Crippen molar-refractivity contribution >= 4 is 31.8 Å². The number of H-pyrrole nitrogens is 1. The Hall–Kier alpha value is -2.74. The van der Waals surface area contributed by atoms with Gasteiger partial charge in [-0.25, -0.2) is 13.1 Å². The lowest BCUT2D eigenvalue weighted by Crippen LogP contribution is -1.96. The van der Waals surface area contributed by atoms with E-state index in [1.54, 1.807) is 31.4 Å². The molecular formula is C16H15N5O2S. The van der Waals surface area contributed by atoms with Crippen LogP contribution in [-0.4, -0.2) is 39.6 Å². The van der Waals surface area contributed by atoms with Gasteiger partial charge in [0.1, 0.15) is 0 Å². The van der Waals surface area contributed by atoms with Crippen molar-refractivity contribution in [1.82, 2.24) is 25.0 Å². The Morgan fingerprint density at radius 2 is 2.08 bits per heavy atom. The van der Waals surface area contributed by atoms with Crippen LogP contribution in [0, 0.1) is 6.85 Å². The number of fused-ring (bicyclic) bond motifs is 3. The van der Waals surface area contributed by atoms with Gasteiger partial charge < -0.3 is 4.98 Å². The predicted octanol–water partition coefficient (Wildman–Crippen LogP) is 2.22. The summed E-state index contributed by atoms with van der Waals surface area (Å²) < 4.78 is 47.9. The molecule has 1 N–H and O–H groups in total. The van der Waals surface area contributed by atoms with Gasteiger partial charge in [0.15, 0.2) is 9.84 Å². The van der Waals surface area contributed by atoms with E-state index in [2.05, 4.69) is 20.3 Å². The number of rotatable bonds is 2. The van der Waals surface area contributed by atoms with Crippen molar-refractivity contribution < 1.29 is 12.5 Å². The second-order valence-electron chi connectivity index (χ2n) is 5.63. The van der Waals surface area contributed by atoms with Crippen molar-refractivity contribution in [2.45, 2.75) is 11.7 Å². The fourth-order valence-corrected chi connectivity index (χ4v) is 3.44. The zero-order valence-corrected chi connectivity index (χ0v) is 13.7. The number of aromatic amines is 1. The molecule has 7 nitrogen and oxygen atoms in total. The molecule has 0 unspecified atom stereocenters. The van der Waals surface area contributed by atoms with E-state index in [1.165, 1.54) is 10.7 Å². The predicted molar refractivity (Wildman–Crippen MR) is 91.4 cm³/mol. The minimum absolute atomic E-state index is 0.0957. The Bertz CT molecular complexity index is 1310. The highest BCUT2D eigenvalue weighted by atomic mass is 32.2. The van der Waals surface area contributed by atoms with Crippen LogP contribution in [0.3, 0.4) is 0 Å². The van der Waals surface area contributed by atoms with Crippen LogP contribution in [0.2, 0.25) is 0 Å². The summed E-state index contributed by atoms with van der Waals surface area (Å²) in [6.45, 7) is -2.40. The van der Waals surface area contributed by atoms with Crippen LogP contribution < -0.4 is 0 Å². The number of hydrogen-bond acceptors (Lipinski definition) is 5. The first-order chi connectivity index (χ1) is 12.6. The van der Waals surface area contributed by atoms with E-state index in [0.717, 1.165) is 11.6 Å². The third-order valence-corrected chi connectivity index (χ3v) is 5.04. The Morgan fingerprint density at radius 3 is 2.83 bits per heavy atom. The number of pyridine rings is 1. The lowest BCUT2D eigenvalue weighted by molar-refractivity contribution is 0.602. The first kappa shape index (κ1) is 11.7. The average Bonchev–Trinajstić information content (AvgIpc) is 3.12. The molecule has 0 aliphatic rings. The summed E-state index contributed by atoms with van der Waals surface area (Å²) in [6.07, 6.45) is 2.72. The van der Waals surface area contributed by atoms with Gasteiger partial charge in [-0.15, -0.1) is 5.10 Å². The number of nitrogens with zero attached hydrogens (tertiary/aromatic N) is 4. The van der Waals surface area contributed by atoms with Crippen molar-refractivity contribution in [2.75, 3.05) is 6.26 Å². The zero-order valence-electron chi connectivity index (χ0n) is 15.9. The molecule has 0 bridgehead atoms. The number of aromatic nitrogens is 5. The highest BCUT2D eigenvalue weighted by Gasteiger charge is 2.14. The second kappa shape index (κ2) is 4.88. The van der Waals surface area contributed by atoms with E-state index in [4.69, 9.17) is 4.11 Å². The molecule has 1 aromatic carbocycles. The van der Waals surface area contributed by atoms with Gasteiger partial charge in [0, 0.05) is 40.1 Å². The van der Waals surface area contributed by atoms with E-state index in [9.17, 15) is 8.42 Å². The van der Waals surface area contributed by atoms with Gasteiger partial charge >= 0.3 is 0 Å². The first-order valence-electron chi connectivity index (χ1n) is 8.58. The third kappa shape index (κ3) is 2.18. The van der Waals surface area contributed by atoms with E-state index >= 15 is 0 Å². The highest BCUT2D eigenvalue weighted by Crippen LogP contribution is 2.29. The van der Waals surface area contributed by atoms with Crippen LogP contribution in [0.15, 0.2) is 35.4 Å². The van der Waals surface area contributed by atoms with Crippen LogP contribution in [0.25, 0.3) is 33.2 Å². The molecule has 0 amide bonds.